The van der Waals surface area contributed by atoms with E-state index in [4.69, 9.17) is 0 Å². The first kappa shape index (κ1) is 13.2. The first-order chi connectivity index (χ1) is 10.2. The summed E-state index contributed by atoms with van der Waals surface area (Å²) in [7, 11) is 2.24. The Bertz CT molecular complexity index is 599. The predicted molar refractivity (Wildman–Crippen MR) is 85.8 cm³/mol. The molecule has 0 aromatic heterocycles. The largest absolute Gasteiger partial charge is 0.508 e. The Labute approximate surface area is 126 Å². The Hall–Kier alpha value is -1.48. The van der Waals surface area contributed by atoms with Crippen LogP contribution < -0.4 is 4.90 Å². The van der Waals surface area contributed by atoms with Crippen molar-refractivity contribution in [3.05, 3.63) is 36.4 Å². The fourth-order valence-corrected chi connectivity index (χ4v) is 5.52. The molecule has 0 amide bonds. The van der Waals surface area contributed by atoms with E-state index in [1.807, 2.05) is 18.2 Å². The number of hydrogen-bond acceptors (Lipinski definition) is 3. The summed E-state index contributed by atoms with van der Waals surface area (Å²) in [5.74, 6) is 0.403. The molecule has 2 heterocycles. The van der Waals surface area contributed by atoms with Crippen LogP contribution in [0.2, 0.25) is 0 Å². The van der Waals surface area contributed by atoms with Crippen LogP contribution in [0.1, 0.15) is 37.7 Å². The van der Waals surface area contributed by atoms with Gasteiger partial charge in [-0.3, -0.25) is 4.90 Å². The number of phenolic OH excluding ortho intramolecular Hbond substituents is 1. The highest BCUT2D eigenvalue weighted by Crippen LogP contribution is 2.64. The highest BCUT2D eigenvalue weighted by Gasteiger charge is 2.66. The fraction of sp³-hybridized carbons (Fsp3) is 0.556. The van der Waals surface area contributed by atoms with Crippen molar-refractivity contribution < 1.29 is 5.11 Å². The standard InChI is InChI=1S/C18H24N2O/c1-3-11-20-12-10-17-8-4-5-9-18(17,20)19(2)16-7-6-14(21)13-15(16)17/h3,6-7,13,21H,1,4-5,8-12H2,2H3. The van der Waals surface area contributed by atoms with Crippen LogP contribution in [0.15, 0.2) is 30.9 Å². The topological polar surface area (TPSA) is 26.7 Å². The number of rotatable bonds is 2. The van der Waals surface area contributed by atoms with E-state index in [0.717, 1.165) is 13.1 Å². The predicted octanol–water partition coefficient (Wildman–Crippen LogP) is 3.24. The van der Waals surface area contributed by atoms with Gasteiger partial charge in [0.05, 0.1) is 0 Å². The van der Waals surface area contributed by atoms with Gasteiger partial charge < -0.3 is 10.0 Å². The molecule has 21 heavy (non-hydrogen) atoms. The van der Waals surface area contributed by atoms with Crippen LogP contribution in [-0.2, 0) is 5.41 Å². The Morgan fingerprint density at radius 1 is 1.29 bits per heavy atom. The summed E-state index contributed by atoms with van der Waals surface area (Å²) in [4.78, 5) is 5.12. The summed E-state index contributed by atoms with van der Waals surface area (Å²) >= 11 is 0. The second-order valence-electron chi connectivity index (χ2n) is 6.85. The van der Waals surface area contributed by atoms with E-state index in [2.05, 4.69) is 29.5 Å². The molecule has 1 saturated carbocycles. The van der Waals surface area contributed by atoms with Gasteiger partial charge in [0.15, 0.2) is 0 Å². The summed E-state index contributed by atoms with van der Waals surface area (Å²) in [6.45, 7) is 6.04. The molecule has 1 N–H and O–H groups in total. The van der Waals surface area contributed by atoms with E-state index in [-0.39, 0.29) is 11.1 Å². The minimum Gasteiger partial charge on any atom is -0.508 e. The zero-order valence-electron chi connectivity index (χ0n) is 12.8. The van der Waals surface area contributed by atoms with Crippen LogP contribution in [-0.4, -0.2) is 35.8 Å². The maximum Gasteiger partial charge on any atom is 0.116 e. The molecule has 2 atom stereocenters. The number of anilines is 1. The van der Waals surface area contributed by atoms with E-state index in [1.54, 1.807) is 0 Å². The van der Waals surface area contributed by atoms with Gasteiger partial charge in [-0.25, -0.2) is 0 Å². The molecule has 1 aromatic carbocycles. The van der Waals surface area contributed by atoms with Gasteiger partial charge >= 0.3 is 0 Å². The Morgan fingerprint density at radius 3 is 2.90 bits per heavy atom. The minimum atomic E-state index is 0.0928. The van der Waals surface area contributed by atoms with Crippen LogP contribution in [0.25, 0.3) is 0 Å². The lowest BCUT2D eigenvalue weighted by Gasteiger charge is -2.52. The third kappa shape index (κ3) is 1.38. The van der Waals surface area contributed by atoms with Gasteiger partial charge in [0, 0.05) is 31.2 Å². The first-order valence-corrected chi connectivity index (χ1v) is 8.09. The lowest BCUT2D eigenvalue weighted by molar-refractivity contribution is 0.0621. The highest BCUT2D eigenvalue weighted by molar-refractivity contribution is 5.69. The average molecular weight is 284 g/mol. The molecule has 2 fully saturated rings. The molecule has 3 nitrogen and oxygen atoms in total. The molecule has 1 aliphatic carbocycles. The molecule has 0 radical (unpaired) electrons. The van der Waals surface area contributed by atoms with Crippen molar-refractivity contribution in [3.8, 4) is 5.75 Å². The number of likely N-dealkylation sites (tertiary alicyclic amines) is 1. The fourth-order valence-electron chi connectivity index (χ4n) is 5.52. The SMILES string of the molecule is C=CCN1CCC23CCCCC12N(C)c1ccc(O)cc13. The molecule has 112 valence electrons. The van der Waals surface area contributed by atoms with Gasteiger partial charge in [-0.1, -0.05) is 12.5 Å². The van der Waals surface area contributed by atoms with Gasteiger partial charge in [0.25, 0.3) is 0 Å². The summed E-state index contributed by atoms with van der Waals surface area (Å²) in [5, 5.41) is 10.0. The van der Waals surface area contributed by atoms with Crippen molar-refractivity contribution in [1.82, 2.24) is 4.90 Å². The van der Waals surface area contributed by atoms with Crippen molar-refractivity contribution in [1.29, 1.82) is 0 Å². The number of aromatic hydroxyl groups is 1. The van der Waals surface area contributed by atoms with Crippen LogP contribution >= 0.6 is 0 Å². The van der Waals surface area contributed by atoms with Gasteiger partial charge in [0.2, 0.25) is 0 Å². The third-order valence-electron chi connectivity index (χ3n) is 6.24. The number of benzene rings is 1. The number of hydrogen-bond donors (Lipinski definition) is 1. The molecule has 3 heteroatoms. The molecule has 2 aliphatic heterocycles. The van der Waals surface area contributed by atoms with Crippen molar-refractivity contribution in [2.24, 2.45) is 0 Å². The molecule has 2 unspecified atom stereocenters. The van der Waals surface area contributed by atoms with Crippen molar-refractivity contribution in [2.75, 3.05) is 25.0 Å². The molecular weight excluding hydrogens is 260 g/mol. The zero-order chi connectivity index (χ0) is 14.7. The van der Waals surface area contributed by atoms with Gasteiger partial charge in [-0.2, -0.15) is 0 Å². The molecule has 1 saturated heterocycles. The molecule has 0 bridgehead atoms. The number of likely N-dealkylation sites (N-methyl/N-ethyl adjacent to an activating group) is 1. The van der Waals surface area contributed by atoms with E-state index in [1.165, 1.54) is 43.4 Å². The smallest absolute Gasteiger partial charge is 0.116 e. The number of nitrogens with zero attached hydrogens (tertiary/aromatic N) is 2. The van der Waals surface area contributed by atoms with Gasteiger partial charge in [-0.15, -0.1) is 6.58 Å². The van der Waals surface area contributed by atoms with Crippen molar-refractivity contribution in [3.63, 3.8) is 0 Å². The molecule has 0 spiro atoms. The summed E-state index contributed by atoms with van der Waals surface area (Å²) in [6.07, 6.45) is 8.27. The third-order valence-corrected chi connectivity index (χ3v) is 6.24. The molecular formula is C18H24N2O. The second-order valence-corrected chi connectivity index (χ2v) is 6.85. The minimum absolute atomic E-state index is 0.0928. The summed E-state index contributed by atoms with van der Waals surface area (Å²) in [5.41, 5.74) is 2.96. The van der Waals surface area contributed by atoms with Crippen LogP contribution in [0.5, 0.6) is 5.75 Å². The molecule has 4 rings (SSSR count). The monoisotopic (exact) mass is 284 g/mol. The van der Waals surface area contributed by atoms with Gasteiger partial charge in [0.1, 0.15) is 11.4 Å². The summed E-state index contributed by atoms with van der Waals surface area (Å²) < 4.78 is 0. The number of fused-ring (bicyclic) bond motifs is 1. The van der Waals surface area contributed by atoms with Crippen molar-refractivity contribution in [2.45, 2.75) is 43.2 Å². The Morgan fingerprint density at radius 2 is 2.10 bits per heavy atom. The lowest BCUT2D eigenvalue weighted by atomic mass is 9.64. The van der Waals surface area contributed by atoms with Crippen LogP contribution in [0.3, 0.4) is 0 Å². The Balaban J connectivity index is 1.94. The Kier molecular flexibility index (Phi) is 2.68. The van der Waals surface area contributed by atoms with Crippen LogP contribution in [0, 0.1) is 0 Å². The quantitative estimate of drug-likeness (QED) is 0.845. The first-order valence-electron chi connectivity index (χ1n) is 8.09. The lowest BCUT2D eigenvalue weighted by Crippen LogP contribution is -2.63. The van der Waals surface area contributed by atoms with E-state index >= 15 is 0 Å². The normalized spacial score (nSPS) is 34.4. The van der Waals surface area contributed by atoms with E-state index < -0.39 is 0 Å². The molecule has 1 aromatic rings. The maximum absolute atomic E-state index is 10.0. The van der Waals surface area contributed by atoms with Crippen molar-refractivity contribution >= 4 is 5.69 Å². The molecule has 3 aliphatic rings. The summed E-state index contributed by atoms with van der Waals surface area (Å²) in [6, 6.07) is 5.95. The van der Waals surface area contributed by atoms with E-state index in [9.17, 15) is 5.11 Å². The van der Waals surface area contributed by atoms with Crippen LogP contribution in [0.4, 0.5) is 5.69 Å². The second kappa shape index (κ2) is 4.26. The van der Waals surface area contributed by atoms with E-state index in [0.29, 0.717) is 5.75 Å². The maximum atomic E-state index is 10.0. The highest BCUT2D eigenvalue weighted by atomic mass is 16.3. The zero-order valence-corrected chi connectivity index (χ0v) is 12.8. The average Bonchev–Trinajstić information content (AvgIpc) is 2.93. The number of phenols is 1. The van der Waals surface area contributed by atoms with Gasteiger partial charge in [-0.05, 0) is 49.4 Å².